The van der Waals surface area contributed by atoms with Gasteiger partial charge < -0.3 is 0 Å². The van der Waals surface area contributed by atoms with E-state index in [1.165, 1.54) is 0 Å². The molecule has 96 valence electrons. The Morgan fingerprint density at radius 3 is 1.85 bits per heavy atom. The highest BCUT2D eigenvalue weighted by Gasteiger charge is 2.48. The van der Waals surface area contributed by atoms with Crippen molar-refractivity contribution in [2.45, 2.75) is 52.1 Å². The summed E-state index contributed by atoms with van der Waals surface area (Å²) in [5, 5.41) is 0. The van der Waals surface area contributed by atoms with Crippen molar-refractivity contribution in [3.8, 4) is 0 Å². The van der Waals surface area contributed by atoms with Crippen LogP contribution in [0.5, 0.6) is 0 Å². The van der Waals surface area contributed by atoms with Gasteiger partial charge in [-0.1, -0.05) is 52.1 Å². The Balaban J connectivity index is 3.18. The van der Waals surface area contributed by atoms with Gasteiger partial charge in [-0.25, -0.2) is 0 Å². The molecule has 20 heavy (non-hydrogen) atoms. The van der Waals surface area contributed by atoms with Gasteiger partial charge in [0.1, 0.15) is 0 Å². The minimum absolute atomic E-state index is 0.0552. The van der Waals surface area contributed by atoms with E-state index in [4.69, 9.17) is 31.1 Å². The molecule has 0 bridgehead atoms. The second-order valence-electron chi connectivity index (χ2n) is 7.20. The van der Waals surface area contributed by atoms with E-state index in [-0.39, 0.29) is 23.9 Å². The van der Waals surface area contributed by atoms with Crippen LogP contribution in [0.4, 0.5) is 0 Å². The summed E-state index contributed by atoms with van der Waals surface area (Å²) in [6, 6.07) is 0. The number of hydrogen-bond donors (Lipinski definition) is 0. The fraction of sp³-hybridized carbons (Fsp3) is 1.00. The summed E-state index contributed by atoms with van der Waals surface area (Å²) >= 11 is 0. The molecule has 0 spiro atoms. The number of rotatable bonds is 5. The van der Waals surface area contributed by atoms with Crippen LogP contribution in [-0.2, 0) is 0 Å². The van der Waals surface area contributed by atoms with Crippen LogP contribution in [-0.4, -0.2) is 51.8 Å². The molecule has 1 rings (SSSR count). The second-order valence-corrected chi connectivity index (χ2v) is 7.20. The lowest BCUT2D eigenvalue weighted by atomic mass is 8.98. The largest absolute Gasteiger partial charge is 0.0875 e. The maximum atomic E-state index is 6.59. The highest BCUT2D eigenvalue weighted by atomic mass is 14.5. The predicted molar refractivity (Wildman–Crippen MR) is 97.3 cm³/mol. The van der Waals surface area contributed by atoms with Crippen LogP contribution in [0.3, 0.4) is 0 Å². The minimum Gasteiger partial charge on any atom is -0.0875 e. The van der Waals surface area contributed by atoms with Crippen molar-refractivity contribution >= 4 is 51.8 Å². The van der Waals surface area contributed by atoms with Gasteiger partial charge in [0, 0.05) is 36.8 Å². The van der Waals surface area contributed by atoms with Crippen molar-refractivity contribution in [2.24, 2.45) is 29.6 Å². The quantitative estimate of drug-likeness (QED) is 0.653. The Hall–Kier alpha value is 0.455. The SMILES string of the molecule is [B][B]B([B])C1C(C)C(C(C)C)C(C(C)C)C([B])C1[B][B]. The van der Waals surface area contributed by atoms with Crippen molar-refractivity contribution < 1.29 is 0 Å². The van der Waals surface area contributed by atoms with Crippen LogP contribution in [0.25, 0.3) is 0 Å². The van der Waals surface area contributed by atoms with Crippen molar-refractivity contribution in [2.75, 3.05) is 0 Å². The average molecular weight is 255 g/mol. The standard InChI is InChI=1S/C13H23B7/c1-6(2)9-8(5)13(20(17)19-16)12(18-15)11(14)10(9)7(3)4/h6-13H,1-5H3. The highest BCUT2D eigenvalue weighted by molar-refractivity contribution is 7.47. The van der Waals surface area contributed by atoms with Gasteiger partial charge in [-0.3, -0.25) is 0 Å². The van der Waals surface area contributed by atoms with Gasteiger partial charge in [-0.05, 0) is 29.6 Å². The van der Waals surface area contributed by atoms with Gasteiger partial charge in [0.2, 0.25) is 0 Å². The van der Waals surface area contributed by atoms with Gasteiger partial charge in [0.25, 0.3) is 0 Å². The summed E-state index contributed by atoms with van der Waals surface area (Å²) in [6.07, 6.45) is 0. The molecule has 1 fully saturated rings. The molecule has 0 aromatic rings. The van der Waals surface area contributed by atoms with Gasteiger partial charge in [-0.15, -0.1) is 0 Å². The zero-order valence-corrected chi connectivity index (χ0v) is 13.7. The molecule has 0 aromatic heterocycles. The Bertz CT molecular complexity index is 294. The first-order valence-corrected chi connectivity index (χ1v) is 7.89. The van der Waals surface area contributed by atoms with Crippen molar-refractivity contribution in [3.05, 3.63) is 0 Å². The van der Waals surface area contributed by atoms with E-state index in [2.05, 4.69) is 34.6 Å². The lowest BCUT2D eigenvalue weighted by Crippen LogP contribution is -2.50. The zero-order chi connectivity index (χ0) is 15.6. The summed E-state index contributed by atoms with van der Waals surface area (Å²) in [5.74, 6) is 3.01. The summed E-state index contributed by atoms with van der Waals surface area (Å²) in [7, 11) is 27.8. The summed E-state index contributed by atoms with van der Waals surface area (Å²) < 4.78 is 0. The third kappa shape index (κ3) is 3.44. The van der Waals surface area contributed by atoms with E-state index in [0.717, 1.165) is 0 Å². The smallest absolute Gasteiger partial charge is 0.0697 e. The van der Waals surface area contributed by atoms with Gasteiger partial charge in [0.05, 0.1) is 15.0 Å². The molecule has 7 heteroatoms. The van der Waals surface area contributed by atoms with Crippen LogP contribution in [0.2, 0.25) is 17.5 Å². The lowest BCUT2D eigenvalue weighted by Gasteiger charge is -2.56. The topological polar surface area (TPSA) is 0 Å². The maximum Gasteiger partial charge on any atom is 0.0697 e. The predicted octanol–water partition coefficient (Wildman–Crippen LogP) is 1.53. The highest BCUT2D eigenvalue weighted by Crippen LogP contribution is 2.58. The molecule has 1 aliphatic carbocycles. The van der Waals surface area contributed by atoms with E-state index in [0.29, 0.717) is 29.6 Å². The molecule has 6 atom stereocenters. The first kappa shape index (κ1) is 18.5. The van der Waals surface area contributed by atoms with Gasteiger partial charge in [0.15, 0.2) is 0 Å². The molecule has 1 aliphatic rings. The molecular formula is C13H23B7. The Morgan fingerprint density at radius 2 is 1.50 bits per heavy atom. The van der Waals surface area contributed by atoms with Crippen molar-refractivity contribution in [3.63, 3.8) is 0 Å². The Morgan fingerprint density at radius 1 is 1.00 bits per heavy atom. The van der Waals surface area contributed by atoms with Crippen LogP contribution in [0, 0.1) is 29.6 Å². The van der Waals surface area contributed by atoms with Crippen LogP contribution in [0.15, 0.2) is 0 Å². The van der Waals surface area contributed by atoms with Crippen molar-refractivity contribution in [1.82, 2.24) is 0 Å². The number of hydrogen-bond acceptors (Lipinski definition) is 0. The first-order chi connectivity index (χ1) is 9.27. The van der Waals surface area contributed by atoms with E-state index < -0.39 is 0 Å². The minimum atomic E-state index is -0.157. The maximum absolute atomic E-state index is 6.59. The average Bonchev–Trinajstić information content (AvgIpc) is 2.38. The first-order valence-electron chi connectivity index (χ1n) is 7.89. The van der Waals surface area contributed by atoms with E-state index in [1.807, 2.05) is 0 Å². The van der Waals surface area contributed by atoms with Gasteiger partial charge in [-0.2, -0.15) is 0 Å². The summed E-state index contributed by atoms with van der Waals surface area (Å²) in [6.45, 7) is 11.2. The molecule has 0 N–H and O–H groups in total. The van der Waals surface area contributed by atoms with E-state index >= 15 is 0 Å². The normalized spacial score (nSPS) is 38.0. The van der Waals surface area contributed by atoms with Crippen LogP contribution >= 0.6 is 0 Å². The van der Waals surface area contributed by atoms with Crippen LogP contribution < -0.4 is 0 Å². The second kappa shape index (κ2) is 7.64. The third-order valence-corrected chi connectivity index (χ3v) is 5.42. The monoisotopic (exact) mass is 256 g/mol. The fourth-order valence-electron chi connectivity index (χ4n) is 4.66. The lowest BCUT2D eigenvalue weighted by molar-refractivity contribution is 0.0846. The molecule has 0 aliphatic heterocycles. The molecule has 10 radical (unpaired) electrons. The zero-order valence-electron chi connectivity index (χ0n) is 13.7. The molecule has 0 aromatic carbocycles. The summed E-state index contributed by atoms with van der Waals surface area (Å²) in [5.41, 5.74) is 0. The van der Waals surface area contributed by atoms with Gasteiger partial charge >= 0.3 is 0 Å². The molecule has 1 saturated carbocycles. The molecule has 0 nitrogen and oxygen atoms in total. The molecule has 6 unspecified atom stereocenters. The molecule has 0 saturated heterocycles. The van der Waals surface area contributed by atoms with E-state index in [1.54, 1.807) is 14.2 Å². The molecular weight excluding hydrogens is 232 g/mol. The molecule has 0 amide bonds. The fourth-order valence-corrected chi connectivity index (χ4v) is 4.66. The summed E-state index contributed by atoms with van der Waals surface area (Å²) in [4.78, 5) is 0. The van der Waals surface area contributed by atoms with Crippen molar-refractivity contribution in [1.29, 1.82) is 0 Å². The van der Waals surface area contributed by atoms with Crippen LogP contribution in [0.1, 0.15) is 34.6 Å². The third-order valence-electron chi connectivity index (χ3n) is 5.42. The Kier molecular flexibility index (Phi) is 7.07. The Labute approximate surface area is 133 Å². The molecule has 0 heterocycles. The van der Waals surface area contributed by atoms with E-state index in [9.17, 15) is 0 Å².